The number of carbonyl (C=O) groups is 1. The summed E-state index contributed by atoms with van der Waals surface area (Å²) < 4.78 is 19.0. The Morgan fingerprint density at radius 3 is 2.82 bits per heavy atom. The van der Waals surface area contributed by atoms with Crippen molar-refractivity contribution in [3.8, 4) is 17.6 Å². The van der Waals surface area contributed by atoms with Gasteiger partial charge in [-0.25, -0.2) is 4.39 Å². The quantitative estimate of drug-likeness (QED) is 0.750. The average Bonchev–Trinajstić information content (AvgIpc) is 3.22. The third-order valence-corrected chi connectivity index (χ3v) is 5.32. The van der Waals surface area contributed by atoms with Gasteiger partial charge in [-0.2, -0.15) is 5.26 Å². The van der Waals surface area contributed by atoms with E-state index >= 15 is 0 Å². The number of amides is 1. The van der Waals surface area contributed by atoms with E-state index in [1.54, 1.807) is 12.1 Å². The predicted molar refractivity (Wildman–Crippen MR) is 102 cm³/mol. The molecule has 0 spiro atoms. The number of nitriles is 1. The molecule has 0 saturated heterocycles. The summed E-state index contributed by atoms with van der Waals surface area (Å²) in [5.74, 6) is -0.357. The number of fused-ring (bicyclic) bond motifs is 1. The number of phenols is 1. The number of hydrogen-bond donors (Lipinski definition) is 3. The maximum atomic E-state index is 13.4. The molecule has 7 heteroatoms. The van der Waals surface area contributed by atoms with E-state index in [1.165, 1.54) is 18.2 Å². The Labute approximate surface area is 161 Å². The van der Waals surface area contributed by atoms with E-state index in [-0.39, 0.29) is 29.6 Å². The summed E-state index contributed by atoms with van der Waals surface area (Å²) >= 11 is 0. The molecule has 1 atom stereocenters. The molecular formula is C21H20FN3O3. The Balaban J connectivity index is 1.53. The lowest BCUT2D eigenvalue weighted by molar-refractivity contribution is -0.122. The molecule has 0 aromatic heterocycles. The van der Waals surface area contributed by atoms with Crippen LogP contribution in [0, 0.1) is 17.1 Å². The van der Waals surface area contributed by atoms with Crippen molar-refractivity contribution in [3.63, 3.8) is 0 Å². The Bertz CT molecular complexity index is 964. The number of halogens is 1. The van der Waals surface area contributed by atoms with E-state index in [1.807, 2.05) is 0 Å². The van der Waals surface area contributed by atoms with E-state index in [0.29, 0.717) is 11.3 Å². The molecule has 2 aromatic rings. The van der Waals surface area contributed by atoms with Gasteiger partial charge in [0.2, 0.25) is 0 Å². The summed E-state index contributed by atoms with van der Waals surface area (Å²) in [5, 5.41) is 25.6. The average molecular weight is 381 g/mol. The molecule has 2 aliphatic rings. The molecule has 1 heterocycles. The molecule has 1 aliphatic heterocycles. The number of ether oxygens (including phenoxy) is 1. The molecule has 0 bridgehead atoms. The van der Waals surface area contributed by atoms with E-state index in [9.17, 15) is 19.6 Å². The van der Waals surface area contributed by atoms with Crippen molar-refractivity contribution >= 4 is 17.3 Å². The monoisotopic (exact) mass is 381 g/mol. The molecule has 144 valence electrons. The molecule has 1 amide bonds. The molecule has 0 unspecified atom stereocenters. The molecular weight excluding hydrogens is 361 g/mol. The predicted octanol–water partition coefficient (Wildman–Crippen LogP) is 3.87. The van der Waals surface area contributed by atoms with Gasteiger partial charge in [0.25, 0.3) is 5.91 Å². The number of carbonyl (C=O) groups excluding carboxylic acids is 1. The highest BCUT2D eigenvalue weighted by Gasteiger charge is 2.28. The molecule has 6 nitrogen and oxygen atoms in total. The van der Waals surface area contributed by atoms with E-state index < -0.39 is 17.8 Å². The highest BCUT2D eigenvalue weighted by Crippen LogP contribution is 2.40. The summed E-state index contributed by atoms with van der Waals surface area (Å²) in [6.07, 6.45) is 3.30. The normalized spacial score (nSPS) is 18.5. The molecule has 4 rings (SSSR count). The van der Waals surface area contributed by atoms with Crippen molar-refractivity contribution in [1.29, 1.82) is 5.26 Å². The molecule has 28 heavy (non-hydrogen) atoms. The number of anilines is 2. The van der Waals surface area contributed by atoms with Crippen molar-refractivity contribution in [2.75, 3.05) is 17.2 Å². The van der Waals surface area contributed by atoms with Crippen LogP contribution in [-0.4, -0.2) is 23.7 Å². The second-order valence-electron chi connectivity index (χ2n) is 7.17. The lowest BCUT2D eigenvalue weighted by atomic mass is 9.94. The summed E-state index contributed by atoms with van der Waals surface area (Å²) in [4.78, 5) is 12.6. The van der Waals surface area contributed by atoms with Gasteiger partial charge in [-0.1, -0.05) is 12.8 Å². The molecule has 2 aromatic carbocycles. The number of phenolic OH excluding ortho intramolecular Hbond substituents is 1. The second-order valence-corrected chi connectivity index (χ2v) is 7.17. The van der Waals surface area contributed by atoms with E-state index in [2.05, 4.69) is 16.7 Å². The van der Waals surface area contributed by atoms with Crippen LogP contribution in [0.1, 0.15) is 42.7 Å². The first-order valence-corrected chi connectivity index (χ1v) is 9.33. The van der Waals surface area contributed by atoms with Gasteiger partial charge in [0, 0.05) is 12.1 Å². The fourth-order valence-corrected chi connectivity index (χ4v) is 3.86. The zero-order chi connectivity index (χ0) is 19.7. The lowest BCUT2D eigenvalue weighted by Gasteiger charge is -2.26. The number of hydrogen-bond acceptors (Lipinski definition) is 5. The maximum absolute atomic E-state index is 13.4. The van der Waals surface area contributed by atoms with Gasteiger partial charge in [-0.15, -0.1) is 0 Å². The Kier molecular flexibility index (Phi) is 4.78. The van der Waals surface area contributed by atoms with Crippen LogP contribution in [0.4, 0.5) is 15.8 Å². The zero-order valence-electron chi connectivity index (χ0n) is 15.2. The number of rotatable bonds is 3. The van der Waals surface area contributed by atoms with Gasteiger partial charge in [0.15, 0.2) is 6.10 Å². The fourth-order valence-electron chi connectivity index (χ4n) is 3.86. The minimum absolute atomic E-state index is 0.0799. The van der Waals surface area contributed by atoms with Crippen molar-refractivity contribution in [3.05, 3.63) is 47.3 Å². The number of nitrogens with one attached hydrogen (secondary N) is 2. The Morgan fingerprint density at radius 1 is 1.29 bits per heavy atom. The lowest BCUT2D eigenvalue weighted by Crippen LogP contribution is -2.41. The molecule has 0 radical (unpaired) electrons. The third kappa shape index (κ3) is 3.46. The van der Waals surface area contributed by atoms with Crippen molar-refractivity contribution in [2.24, 2.45) is 0 Å². The van der Waals surface area contributed by atoms with Gasteiger partial charge in [-0.3, -0.25) is 4.79 Å². The van der Waals surface area contributed by atoms with Crippen molar-refractivity contribution in [1.82, 2.24) is 0 Å². The highest BCUT2D eigenvalue weighted by molar-refractivity contribution is 5.96. The summed E-state index contributed by atoms with van der Waals surface area (Å²) in [7, 11) is 0. The van der Waals surface area contributed by atoms with E-state index in [0.717, 1.165) is 31.2 Å². The summed E-state index contributed by atoms with van der Waals surface area (Å²) in [5.41, 5.74) is 1.90. The summed E-state index contributed by atoms with van der Waals surface area (Å²) in [6, 6.07) is 9.24. The molecule has 3 N–H and O–H groups in total. The van der Waals surface area contributed by atoms with Crippen LogP contribution in [0.25, 0.3) is 0 Å². The maximum Gasteiger partial charge on any atom is 0.267 e. The number of aromatic hydroxyl groups is 1. The number of benzene rings is 2. The minimum Gasteiger partial charge on any atom is -0.508 e. The highest BCUT2D eigenvalue weighted by atomic mass is 19.1. The third-order valence-electron chi connectivity index (χ3n) is 5.32. The number of nitrogens with zero attached hydrogens (tertiary/aromatic N) is 1. The van der Waals surface area contributed by atoms with Gasteiger partial charge >= 0.3 is 0 Å². The first kappa shape index (κ1) is 18.1. The van der Waals surface area contributed by atoms with Crippen LogP contribution in [0.15, 0.2) is 30.3 Å². The van der Waals surface area contributed by atoms with Crippen LogP contribution >= 0.6 is 0 Å². The second kappa shape index (κ2) is 7.39. The van der Waals surface area contributed by atoms with Gasteiger partial charge in [0.05, 0.1) is 23.5 Å². The molecule has 1 aliphatic carbocycles. The van der Waals surface area contributed by atoms with Crippen molar-refractivity contribution in [2.45, 2.75) is 37.7 Å². The van der Waals surface area contributed by atoms with Gasteiger partial charge in [0.1, 0.15) is 23.4 Å². The molecule has 1 fully saturated rings. The summed E-state index contributed by atoms with van der Waals surface area (Å²) in [6.45, 7) is 0.207. The zero-order valence-corrected chi connectivity index (χ0v) is 15.2. The van der Waals surface area contributed by atoms with Crippen LogP contribution in [0.5, 0.6) is 11.5 Å². The largest absolute Gasteiger partial charge is 0.508 e. The van der Waals surface area contributed by atoms with Crippen LogP contribution in [-0.2, 0) is 4.79 Å². The van der Waals surface area contributed by atoms with Crippen LogP contribution in [0.2, 0.25) is 0 Å². The van der Waals surface area contributed by atoms with Gasteiger partial charge < -0.3 is 20.5 Å². The van der Waals surface area contributed by atoms with E-state index in [4.69, 9.17) is 4.74 Å². The Hall–Kier alpha value is -3.27. The fraction of sp³-hybridized carbons (Fsp3) is 0.333. The molecule has 1 saturated carbocycles. The van der Waals surface area contributed by atoms with Crippen LogP contribution in [0.3, 0.4) is 0 Å². The topological polar surface area (TPSA) is 94.4 Å². The van der Waals surface area contributed by atoms with Crippen LogP contribution < -0.4 is 15.4 Å². The standard InChI is InChI=1S/C21H20FN3O3/c22-14-5-6-16-19(8-14)28-20(11-24-16)21(27)25-17-9-18(26)15(7-13(17)10-23)12-3-1-2-4-12/h5-9,12,20,24,26H,1-4,11H2,(H,25,27)/t20-/m1/s1. The SMILES string of the molecule is N#Cc1cc(C2CCCC2)c(O)cc1NC(=O)[C@H]1CNc2ccc(F)cc2O1. The minimum atomic E-state index is -0.891. The van der Waals surface area contributed by atoms with Crippen molar-refractivity contribution < 1.29 is 19.0 Å². The first-order chi connectivity index (χ1) is 13.5. The van der Waals surface area contributed by atoms with Gasteiger partial charge in [-0.05, 0) is 42.5 Å². The Morgan fingerprint density at radius 2 is 2.07 bits per heavy atom. The smallest absolute Gasteiger partial charge is 0.267 e. The first-order valence-electron chi connectivity index (χ1n) is 9.33.